The van der Waals surface area contributed by atoms with Crippen LogP contribution in [-0.4, -0.2) is 121 Å². The molecule has 4 rings (SSSR count). The Labute approximate surface area is 401 Å². The molecule has 378 valence electrons. The molecule has 1 aliphatic rings. The molecule has 0 spiro atoms. The van der Waals surface area contributed by atoms with Gasteiger partial charge in [0.05, 0.1) is 12.5 Å². The van der Waals surface area contributed by atoms with E-state index in [4.69, 9.17) is 10.6 Å². The van der Waals surface area contributed by atoms with Crippen LogP contribution in [0.5, 0.6) is 0 Å². The number of benzene rings is 2. The summed E-state index contributed by atoms with van der Waals surface area (Å²) in [4.78, 5) is 132. The number of carbonyl (C=O) groups excluding carboxylic acids is 9. The van der Waals surface area contributed by atoms with Gasteiger partial charge in [-0.1, -0.05) is 51.1 Å². The Bertz CT molecular complexity index is 2440. The van der Waals surface area contributed by atoms with E-state index in [0.29, 0.717) is 10.8 Å². The van der Waals surface area contributed by atoms with Crippen molar-refractivity contribution < 1.29 is 71.8 Å². The van der Waals surface area contributed by atoms with Crippen molar-refractivity contribution in [2.45, 2.75) is 116 Å². The van der Waals surface area contributed by atoms with Crippen LogP contribution >= 0.6 is 0 Å². The summed E-state index contributed by atoms with van der Waals surface area (Å²) >= 11 is 0. The predicted octanol–water partition coefficient (Wildman–Crippen LogP) is 1.50. The van der Waals surface area contributed by atoms with Gasteiger partial charge in [0.2, 0.25) is 35.4 Å². The van der Waals surface area contributed by atoms with Crippen molar-refractivity contribution in [1.82, 2.24) is 35.8 Å². The van der Waals surface area contributed by atoms with Gasteiger partial charge in [0.15, 0.2) is 0 Å². The number of hydroxylamine groups is 2. The summed E-state index contributed by atoms with van der Waals surface area (Å²) in [6.07, 6.45) is -0.540. The lowest BCUT2D eigenvalue weighted by Gasteiger charge is -2.41. The first-order chi connectivity index (χ1) is 32.9. The van der Waals surface area contributed by atoms with Crippen LogP contribution in [0.15, 0.2) is 60.8 Å². The van der Waals surface area contributed by atoms with Crippen molar-refractivity contribution in [2.24, 2.45) is 11.1 Å². The normalized spacial score (nSPS) is 14.7. The maximum Gasteiger partial charge on any atom is 0.333 e. The van der Waals surface area contributed by atoms with Gasteiger partial charge in [-0.2, -0.15) is 0 Å². The molecule has 5 unspecified atom stereocenters. The molecule has 70 heavy (non-hydrogen) atoms. The minimum absolute atomic E-state index is 0.0619. The molecule has 0 bridgehead atoms. The zero-order valence-electron chi connectivity index (χ0n) is 39.3. The number of imide groups is 1. The van der Waals surface area contributed by atoms with Crippen molar-refractivity contribution >= 4 is 59.2 Å². The third kappa shape index (κ3) is 15.5. The Balaban J connectivity index is 1.45. The van der Waals surface area contributed by atoms with E-state index in [0.717, 1.165) is 23.8 Å². The molecule has 0 aliphatic carbocycles. The Hall–Kier alpha value is -7.56. The van der Waals surface area contributed by atoms with Crippen molar-refractivity contribution in [3.05, 3.63) is 83.7 Å². The quantitative estimate of drug-likeness (QED) is 0.0627. The van der Waals surface area contributed by atoms with Crippen LogP contribution < -0.4 is 27.0 Å². The van der Waals surface area contributed by atoms with Gasteiger partial charge >= 0.3 is 11.9 Å². The van der Waals surface area contributed by atoms with Gasteiger partial charge in [0.25, 0.3) is 11.8 Å². The number of halogens is 2. The first kappa shape index (κ1) is 55.0. The van der Waals surface area contributed by atoms with E-state index < -0.39 is 132 Å². The highest BCUT2D eigenvalue weighted by molar-refractivity contribution is 6.01. The summed E-state index contributed by atoms with van der Waals surface area (Å²) in [5.74, 6) is -10.9. The van der Waals surface area contributed by atoms with Gasteiger partial charge in [-0.3, -0.25) is 38.4 Å². The standard InChI is InChI=1S/C47H58F2N8O13/c1-26(51-37(60)12-9-13-41(64)70-57-38(61)16-17-39(57)62)43(65)52-27(2)44(66)54-34(22-36(50)59)45(67)53-33(46(68)69)18-19-56(40(63)25-58)42(47(3,4)5)35-20-29(31-21-30(48)14-15-32(31)49)24-55(35)23-28-10-7-6-8-11-28/h6-8,10-11,14-15,20-21,24,26-27,33-34,42,58H,9,12-13,16-19,22-23,25H2,1-5H3,(H2,50,59)(H,51,60)(H,52,65)(H,53,67)(H,54,66)(H,68,69). The number of hydrogen-bond donors (Lipinski definition) is 7. The van der Waals surface area contributed by atoms with E-state index in [1.54, 1.807) is 37.6 Å². The zero-order valence-corrected chi connectivity index (χ0v) is 39.3. The highest BCUT2D eigenvalue weighted by Crippen LogP contribution is 2.41. The zero-order chi connectivity index (χ0) is 52.0. The van der Waals surface area contributed by atoms with Gasteiger partial charge in [-0.05, 0) is 61.9 Å². The Morgan fingerprint density at radius 2 is 1.44 bits per heavy atom. The second kappa shape index (κ2) is 24.6. The van der Waals surface area contributed by atoms with Crippen molar-refractivity contribution in [3.8, 4) is 11.1 Å². The average Bonchev–Trinajstić information content (AvgIpc) is 3.84. The molecule has 1 fully saturated rings. The summed E-state index contributed by atoms with van der Waals surface area (Å²) in [7, 11) is 0. The number of amides is 8. The van der Waals surface area contributed by atoms with Crippen LogP contribution in [0, 0.1) is 17.0 Å². The molecule has 2 heterocycles. The molecule has 8 amide bonds. The number of carboxylic acids is 1. The minimum atomic E-state index is -1.77. The lowest BCUT2D eigenvalue weighted by molar-refractivity contribution is -0.197. The number of aromatic nitrogens is 1. The van der Waals surface area contributed by atoms with E-state index in [1.807, 2.05) is 30.3 Å². The second-order valence-corrected chi connectivity index (χ2v) is 17.7. The number of hydrogen-bond acceptors (Lipinski definition) is 12. The number of carboxylic acid groups (broad SMARTS) is 1. The minimum Gasteiger partial charge on any atom is -0.480 e. The number of nitrogens with one attached hydrogen (secondary N) is 4. The van der Waals surface area contributed by atoms with Crippen LogP contribution in [-0.2, 0) is 59.3 Å². The fraction of sp³-hybridized carbons (Fsp3) is 0.447. The maximum absolute atomic E-state index is 15.2. The Morgan fingerprint density at radius 1 is 0.829 bits per heavy atom. The number of nitrogens with zero attached hydrogens (tertiary/aromatic N) is 3. The summed E-state index contributed by atoms with van der Waals surface area (Å²) in [5.41, 5.74) is 5.93. The molecule has 8 N–H and O–H groups in total. The number of aliphatic carboxylic acids is 1. The van der Waals surface area contributed by atoms with E-state index in [1.165, 1.54) is 18.7 Å². The first-order valence-corrected chi connectivity index (χ1v) is 22.3. The number of aliphatic hydroxyl groups excluding tert-OH is 1. The molecule has 0 radical (unpaired) electrons. The van der Waals surface area contributed by atoms with Gasteiger partial charge in [0.1, 0.15) is 42.4 Å². The molecule has 0 saturated carbocycles. The molecule has 21 nitrogen and oxygen atoms in total. The summed E-state index contributed by atoms with van der Waals surface area (Å²) in [6.45, 7) is 6.64. The summed E-state index contributed by atoms with van der Waals surface area (Å²) in [6, 6.07) is 6.55. The second-order valence-electron chi connectivity index (χ2n) is 17.7. The van der Waals surface area contributed by atoms with Gasteiger partial charge < -0.3 is 51.5 Å². The monoisotopic (exact) mass is 980 g/mol. The van der Waals surface area contributed by atoms with Gasteiger partial charge in [0, 0.05) is 61.8 Å². The average molecular weight is 981 g/mol. The Kier molecular flexibility index (Phi) is 19.4. The largest absolute Gasteiger partial charge is 0.480 e. The van der Waals surface area contributed by atoms with E-state index in [-0.39, 0.29) is 49.8 Å². The number of aliphatic hydroxyl groups is 1. The van der Waals surface area contributed by atoms with Crippen LogP contribution in [0.25, 0.3) is 11.1 Å². The summed E-state index contributed by atoms with van der Waals surface area (Å²) < 4.78 is 31.4. The van der Waals surface area contributed by atoms with E-state index >= 15 is 4.39 Å². The van der Waals surface area contributed by atoms with Crippen LogP contribution in [0.1, 0.15) is 96.9 Å². The number of rotatable bonds is 24. The third-order valence-electron chi connectivity index (χ3n) is 11.1. The van der Waals surface area contributed by atoms with Crippen LogP contribution in [0.2, 0.25) is 0 Å². The SMILES string of the molecule is CC(NC(=O)CCCC(=O)ON1C(=O)CCC1=O)C(=O)NC(C)C(=O)NC(CC(N)=O)C(=O)NC(CCN(C(=O)CO)C(c1cc(-c2cc(F)ccc2F)cn1Cc1ccccc1)C(C)(C)C)C(=O)O. The van der Waals surface area contributed by atoms with E-state index in [2.05, 4.69) is 21.3 Å². The number of carbonyl (C=O) groups is 10. The fourth-order valence-electron chi connectivity index (χ4n) is 7.59. The topological polar surface area (TPSA) is 306 Å². The molecule has 1 saturated heterocycles. The summed E-state index contributed by atoms with van der Waals surface area (Å²) in [5, 5.41) is 30.1. The number of primary amides is 1. The van der Waals surface area contributed by atoms with Crippen molar-refractivity contribution in [2.75, 3.05) is 13.2 Å². The molecule has 3 aromatic rings. The molecular formula is C47H58F2N8O13. The predicted molar refractivity (Wildman–Crippen MR) is 242 cm³/mol. The van der Waals surface area contributed by atoms with Crippen molar-refractivity contribution in [3.63, 3.8) is 0 Å². The molecular weight excluding hydrogens is 923 g/mol. The molecule has 1 aromatic heterocycles. The van der Waals surface area contributed by atoms with Gasteiger partial charge in [-0.25, -0.2) is 18.4 Å². The maximum atomic E-state index is 15.2. The highest BCUT2D eigenvalue weighted by atomic mass is 19.1. The molecule has 1 aliphatic heterocycles. The number of nitrogens with two attached hydrogens (primary N) is 1. The third-order valence-corrected chi connectivity index (χ3v) is 11.1. The lowest BCUT2D eigenvalue weighted by atomic mass is 9.82. The van der Waals surface area contributed by atoms with E-state index in [9.17, 15) is 62.5 Å². The first-order valence-electron chi connectivity index (χ1n) is 22.3. The lowest BCUT2D eigenvalue weighted by Crippen LogP contribution is -2.57. The van der Waals surface area contributed by atoms with Crippen molar-refractivity contribution in [1.29, 1.82) is 0 Å². The van der Waals surface area contributed by atoms with Crippen LogP contribution in [0.3, 0.4) is 0 Å². The Morgan fingerprint density at radius 3 is 2.04 bits per heavy atom. The van der Waals surface area contributed by atoms with Gasteiger partial charge in [-0.15, -0.1) is 5.06 Å². The fourth-order valence-corrected chi connectivity index (χ4v) is 7.59. The highest BCUT2D eigenvalue weighted by Gasteiger charge is 2.39. The molecule has 5 atom stereocenters. The van der Waals surface area contributed by atoms with Crippen LogP contribution in [0.4, 0.5) is 8.78 Å². The smallest absolute Gasteiger partial charge is 0.333 e. The molecule has 23 heteroatoms. The molecule has 2 aromatic carbocycles.